The molecule has 20 heavy (non-hydrogen) atoms. The first-order valence-electron chi connectivity index (χ1n) is 6.55. The van der Waals surface area contributed by atoms with E-state index in [9.17, 15) is 9.59 Å². The van der Waals surface area contributed by atoms with Crippen LogP contribution < -0.4 is 5.32 Å². The largest absolute Gasteiger partial charge is 0.356 e. The van der Waals surface area contributed by atoms with Crippen molar-refractivity contribution in [2.45, 2.75) is 20.3 Å². The molecule has 106 valence electrons. The van der Waals surface area contributed by atoms with E-state index in [2.05, 4.69) is 5.32 Å². The van der Waals surface area contributed by atoms with Gasteiger partial charge < -0.3 is 9.88 Å². The van der Waals surface area contributed by atoms with Gasteiger partial charge in [-0.05, 0) is 38.1 Å². The summed E-state index contributed by atoms with van der Waals surface area (Å²) in [7, 11) is 1.82. The number of carbonyl (C=O) groups excluding carboxylic acids is 2. The minimum Gasteiger partial charge on any atom is -0.356 e. The third-order valence-electron chi connectivity index (χ3n) is 3.14. The maximum atomic E-state index is 12.4. The normalized spacial score (nSPS) is 10.6. The van der Waals surface area contributed by atoms with Gasteiger partial charge in [-0.1, -0.05) is 0 Å². The summed E-state index contributed by atoms with van der Waals surface area (Å²) in [6, 6.07) is 7.41. The molecule has 1 N–H and O–H groups in total. The number of thiophene rings is 1. The molecular formula is C15H18N2O2S. The molecule has 5 heteroatoms. The highest BCUT2D eigenvalue weighted by Crippen LogP contribution is 2.20. The fourth-order valence-corrected chi connectivity index (χ4v) is 2.88. The van der Waals surface area contributed by atoms with Crippen LogP contribution in [0, 0.1) is 6.92 Å². The van der Waals surface area contributed by atoms with E-state index >= 15 is 0 Å². The summed E-state index contributed by atoms with van der Waals surface area (Å²) in [4.78, 5) is 25.8. The van der Waals surface area contributed by atoms with E-state index in [1.807, 2.05) is 39.1 Å². The van der Waals surface area contributed by atoms with Crippen LogP contribution in [0.15, 0.2) is 24.3 Å². The van der Waals surface area contributed by atoms with Gasteiger partial charge in [-0.3, -0.25) is 9.59 Å². The van der Waals surface area contributed by atoms with Gasteiger partial charge in [-0.15, -0.1) is 11.3 Å². The molecule has 0 unspecified atom stereocenters. The van der Waals surface area contributed by atoms with Gasteiger partial charge in [0.25, 0.3) is 0 Å². The number of hydrogen-bond donors (Lipinski definition) is 1. The Labute approximate surface area is 122 Å². The highest BCUT2D eigenvalue weighted by Gasteiger charge is 2.17. The van der Waals surface area contributed by atoms with Crippen LogP contribution in [0.5, 0.6) is 0 Å². The second-order valence-corrected chi connectivity index (χ2v) is 5.93. The molecule has 0 aromatic carbocycles. The van der Waals surface area contributed by atoms with Crippen LogP contribution in [0.2, 0.25) is 0 Å². The Morgan fingerprint density at radius 2 is 2.00 bits per heavy atom. The minimum absolute atomic E-state index is 0.00718. The van der Waals surface area contributed by atoms with Gasteiger partial charge in [0.1, 0.15) is 0 Å². The van der Waals surface area contributed by atoms with Crippen molar-refractivity contribution in [3.8, 4) is 0 Å². The first-order valence-corrected chi connectivity index (χ1v) is 7.37. The summed E-state index contributed by atoms with van der Waals surface area (Å²) in [5.41, 5.74) is 1.46. The molecule has 2 aromatic rings. The molecule has 1 amide bonds. The van der Waals surface area contributed by atoms with E-state index in [0.29, 0.717) is 18.7 Å². The zero-order valence-electron chi connectivity index (χ0n) is 11.9. The molecular weight excluding hydrogens is 272 g/mol. The molecule has 0 saturated heterocycles. The number of nitrogens with one attached hydrogen (secondary N) is 1. The van der Waals surface area contributed by atoms with E-state index in [4.69, 9.17) is 0 Å². The Morgan fingerprint density at radius 3 is 2.60 bits per heavy atom. The fraction of sp³-hybridized carbons (Fsp3) is 0.333. The number of aromatic nitrogens is 1. The lowest BCUT2D eigenvalue weighted by atomic mass is 10.2. The average Bonchev–Trinajstić information content (AvgIpc) is 2.97. The van der Waals surface area contributed by atoms with Crippen molar-refractivity contribution >= 4 is 23.0 Å². The summed E-state index contributed by atoms with van der Waals surface area (Å²) in [5, 5.41) is 2.76. The van der Waals surface area contributed by atoms with Gasteiger partial charge in [-0.2, -0.15) is 0 Å². The molecule has 0 radical (unpaired) electrons. The second-order valence-electron chi connectivity index (χ2n) is 4.64. The monoisotopic (exact) mass is 290 g/mol. The van der Waals surface area contributed by atoms with E-state index < -0.39 is 0 Å². The molecule has 2 aromatic heterocycles. The van der Waals surface area contributed by atoms with Crippen molar-refractivity contribution in [3.63, 3.8) is 0 Å². The number of rotatable bonds is 5. The van der Waals surface area contributed by atoms with E-state index in [1.54, 1.807) is 10.6 Å². The predicted octanol–water partition coefficient (Wildman–Crippen LogP) is 2.30. The van der Waals surface area contributed by atoms with Crippen molar-refractivity contribution in [2.24, 2.45) is 7.05 Å². The van der Waals surface area contributed by atoms with Gasteiger partial charge in [0, 0.05) is 24.2 Å². The van der Waals surface area contributed by atoms with Crippen molar-refractivity contribution < 1.29 is 9.59 Å². The number of ketones is 1. The first-order chi connectivity index (χ1) is 9.52. The average molecular weight is 290 g/mol. The van der Waals surface area contributed by atoms with Crippen molar-refractivity contribution in [1.82, 2.24) is 9.88 Å². The molecule has 0 aliphatic rings. The Balaban J connectivity index is 2.20. The summed E-state index contributed by atoms with van der Waals surface area (Å²) in [6.07, 6.45) is 0.293. The Kier molecular flexibility index (Phi) is 4.39. The van der Waals surface area contributed by atoms with E-state index in [-0.39, 0.29) is 11.7 Å². The van der Waals surface area contributed by atoms with Crippen LogP contribution in [0.25, 0.3) is 0 Å². The number of hydrogen-bond acceptors (Lipinski definition) is 3. The molecule has 0 aliphatic carbocycles. The summed E-state index contributed by atoms with van der Waals surface area (Å²) in [6.45, 7) is 4.48. The first kappa shape index (κ1) is 14.5. The second kappa shape index (κ2) is 6.05. The third kappa shape index (κ3) is 2.99. The van der Waals surface area contributed by atoms with Crippen molar-refractivity contribution in [2.75, 3.05) is 6.54 Å². The zero-order chi connectivity index (χ0) is 14.7. The van der Waals surface area contributed by atoms with Gasteiger partial charge in [0.05, 0.1) is 17.0 Å². The molecule has 4 nitrogen and oxygen atoms in total. The number of aryl methyl sites for hydroxylation is 1. The van der Waals surface area contributed by atoms with E-state index in [1.165, 1.54) is 11.3 Å². The SMILES string of the molecule is CCNC(=O)Cc1ccc(C(=O)c2ccc(C)s2)n1C. The van der Waals surface area contributed by atoms with Crippen molar-refractivity contribution in [1.29, 1.82) is 0 Å². The van der Waals surface area contributed by atoms with E-state index in [0.717, 1.165) is 15.4 Å². The minimum atomic E-state index is -0.0281. The number of likely N-dealkylation sites (N-methyl/N-ethyl adjacent to an activating group) is 1. The fourth-order valence-electron chi connectivity index (χ4n) is 2.07. The smallest absolute Gasteiger partial charge is 0.225 e. The van der Waals surface area contributed by atoms with Gasteiger partial charge >= 0.3 is 0 Å². The van der Waals surface area contributed by atoms with Crippen molar-refractivity contribution in [3.05, 3.63) is 45.4 Å². The predicted molar refractivity (Wildman–Crippen MR) is 80.3 cm³/mol. The zero-order valence-corrected chi connectivity index (χ0v) is 12.7. The van der Waals surface area contributed by atoms with Crippen LogP contribution >= 0.6 is 11.3 Å². The maximum absolute atomic E-state index is 12.4. The summed E-state index contributed by atoms with van der Waals surface area (Å²) < 4.78 is 1.80. The quantitative estimate of drug-likeness (QED) is 0.859. The molecule has 2 heterocycles. The van der Waals surface area contributed by atoms with Gasteiger partial charge in [-0.25, -0.2) is 0 Å². The standard InChI is InChI=1S/C15H18N2O2S/c1-4-16-14(18)9-11-6-7-12(17(11)3)15(19)13-8-5-10(2)20-13/h5-8H,4,9H2,1-3H3,(H,16,18). The topological polar surface area (TPSA) is 51.1 Å². The highest BCUT2D eigenvalue weighted by molar-refractivity contribution is 7.14. The van der Waals surface area contributed by atoms with Gasteiger partial charge in [0.2, 0.25) is 11.7 Å². The van der Waals surface area contributed by atoms with Crippen LogP contribution in [0.3, 0.4) is 0 Å². The Bertz CT molecular complexity index is 640. The third-order valence-corrected chi connectivity index (χ3v) is 4.14. The molecule has 0 spiro atoms. The van der Waals surface area contributed by atoms with Crippen LogP contribution in [-0.4, -0.2) is 22.8 Å². The lowest BCUT2D eigenvalue weighted by Gasteiger charge is -2.06. The molecule has 0 bridgehead atoms. The number of carbonyl (C=O) groups is 2. The molecule has 0 saturated carbocycles. The molecule has 0 aliphatic heterocycles. The number of nitrogens with zero attached hydrogens (tertiary/aromatic N) is 1. The van der Waals surface area contributed by atoms with Crippen LogP contribution in [0.1, 0.15) is 32.9 Å². The van der Waals surface area contributed by atoms with Gasteiger partial charge in [0.15, 0.2) is 0 Å². The molecule has 2 rings (SSSR count). The Hall–Kier alpha value is -1.88. The molecule has 0 fully saturated rings. The van der Waals surface area contributed by atoms with Crippen LogP contribution in [-0.2, 0) is 18.3 Å². The highest BCUT2D eigenvalue weighted by atomic mass is 32.1. The maximum Gasteiger partial charge on any atom is 0.225 e. The van der Waals surface area contributed by atoms with Crippen LogP contribution in [0.4, 0.5) is 0 Å². The number of amides is 1. The lowest BCUT2D eigenvalue weighted by molar-refractivity contribution is -0.120. The summed E-state index contributed by atoms with van der Waals surface area (Å²) >= 11 is 1.49. The Morgan fingerprint density at radius 1 is 1.25 bits per heavy atom. The summed E-state index contributed by atoms with van der Waals surface area (Å²) in [5.74, 6) is -0.0209. The molecule has 0 atom stereocenters. The lowest BCUT2D eigenvalue weighted by Crippen LogP contribution is -2.25.